The van der Waals surface area contributed by atoms with Crippen LogP contribution in [0.2, 0.25) is 0 Å². The Balaban J connectivity index is -0.000000220. The Labute approximate surface area is 171 Å². The molecule has 0 saturated heterocycles. The molecule has 0 N–H and O–H groups in total. The molecular weight excluding hydrogens is 346 g/mol. The molecule has 0 amide bonds. The van der Waals surface area contributed by atoms with Crippen molar-refractivity contribution < 1.29 is 23.7 Å². The predicted octanol–water partition coefficient (Wildman–Crippen LogP) is 4.76. The largest absolute Gasteiger partial charge is 0.464 e. The molecule has 0 radical (unpaired) electrons. The third-order valence-corrected chi connectivity index (χ3v) is 3.74. The van der Waals surface area contributed by atoms with Gasteiger partial charge < -0.3 is 23.8 Å². The first kappa shape index (κ1) is 40.9. The van der Waals surface area contributed by atoms with Crippen LogP contribution < -0.4 is 0 Å². The van der Waals surface area contributed by atoms with Crippen molar-refractivity contribution in [2.24, 2.45) is 5.41 Å². The van der Waals surface area contributed by atoms with Crippen LogP contribution in [0.15, 0.2) is 0 Å². The van der Waals surface area contributed by atoms with E-state index < -0.39 is 5.41 Å². The molecular formula is C21H53NO5. The number of carbonyl (C=O) groups excluding carboxylic acids is 1. The van der Waals surface area contributed by atoms with E-state index in [0.717, 1.165) is 19.6 Å². The van der Waals surface area contributed by atoms with Gasteiger partial charge in [-0.25, -0.2) is 0 Å². The summed E-state index contributed by atoms with van der Waals surface area (Å²) in [6.07, 6.45) is 0.570. The van der Waals surface area contributed by atoms with E-state index in [4.69, 9.17) is 18.9 Å². The second-order valence-corrected chi connectivity index (χ2v) is 5.51. The van der Waals surface area contributed by atoms with Gasteiger partial charge in [0.2, 0.25) is 0 Å². The third kappa shape index (κ3) is 18.4. The normalized spacial score (nSPS) is 11.5. The van der Waals surface area contributed by atoms with Crippen LogP contribution in [0.4, 0.5) is 0 Å². The fourth-order valence-electron chi connectivity index (χ4n) is 1.98. The van der Waals surface area contributed by atoms with Gasteiger partial charge in [-0.2, -0.15) is 0 Å². The SMILES string of the molecule is C.C.C.C.C.CCN(CC)CCOC(=O)C(C)(CCOC)COCCOC. The maximum atomic E-state index is 12.4. The molecule has 172 valence electrons. The van der Waals surface area contributed by atoms with Gasteiger partial charge in [0.1, 0.15) is 6.61 Å². The van der Waals surface area contributed by atoms with E-state index in [2.05, 4.69) is 18.7 Å². The summed E-state index contributed by atoms with van der Waals surface area (Å²) in [5.74, 6) is -0.228. The van der Waals surface area contributed by atoms with Crippen molar-refractivity contribution in [2.45, 2.75) is 64.3 Å². The van der Waals surface area contributed by atoms with E-state index in [1.54, 1.807) is 14.2 Å². The number of nitrogens with zero attached hydrogens (tertiary/aromatic N) is 1. The minimum absolute atomic E-state index is 0. The van der Waals surface area contributed by atoms with Gasteiger partial charge in [-0.05, 0) is 26.4 Å². The summed E-state index contributed by atoms with van der Waals surface area (Å²) in [5, 5.41) is 0. The molecule has 0 aromatic heterocycles. The Kier molecular flexibility index (Phi) is 38.3. The molecule has 0 heterocycles. The van der Waals surface area contributed by atoms with E-state index >= 15 is 0 Å². The Bertz CT molecular complexity index is 286. The van der Waals surface area contributed by atoms with Crippen molar-refractivity contribution in [1.29, 1.82) is 0 Å². The molecule has 6 nitrogen and oxygen atoms in total. The number of carbonyl (C=O) groups is 1. The lowest BCUT2D eigenvalue weighted by Gasteiger charge is -2.27. The molecule has 0 saturated carbocycles. The first-order valence-electron chi connectivity index (χ1n) is 7.99. The highest BCUT2D eigenvalue weighted by atomic mass is 16.5. The molecule has 0 aliphatic carbocycles. The fraction of sp³-hybridized carbons (Fsp3) is 0.952. The summed E-state index contributed by atoms with van der Waals surface area (Å²) in [5.41, 5.74) is -0.687. The van der Waals surface area contributed by atoms with Crippen LogP contribution in [0.1, 0.15) is 64.3 Å². The van der Waals surface area contributed by atoms with E-state index in [9.17, 15) is 4.79 Å². The Morgan fingerprint density at radius 3 is 1.81 bits per heavy atom. The smallest absolute Gasteiger partial charge is 0.314 e. The summed E-state index contributed by atoms with van der Waals surface area (Å²) in [7, 11) is 3.24. The number of hydrogen-bond donors (Lipinski definition) is 0. The fourth-order valence-corrected chi connectivity index (χ4v) is 1.98. The molecule has 0 aromatic carbocycles. The van der Waals surface area contributed by atoms with Crippen LogP contribution in [0.25, 0.3) is 0 Å². The molecule has 0 aliphatic rings. The monoisotopic (exact) mass is 399 g/mol. The minimum atomic E-state index is -0.687. The molecule has 0 fully saturated rings. The number of methoxy groups -OCH3 is 2. The average Bonchev–Trinajstić information content (AvgIpc) is 2.53. The van der Waals surface area contributed by atoms with Crippen molar-refractivity contribution in [3.05, 3.63) is 0 Å². The zero-order chi connectivity index (χ0) is 16.8. The first-order valence-corrected chi connectivity index (χ1v) is 7.99. The van der Waals surface area contributed by atoms with Gasteiger partial charge in [0.25, 0.3) is 0 Å². The van der Waals surface area contributed by atoms with Crippen molar-refractivity contribution in [2.75, 3.05) is 66.9 Å². The van der Waals surface area contributed by atoms with Crippen molar-refractivity contribution in [3.8, 4) is 0 Å². The topological polar surface area (TPSA) is 57.2 Å². The first-order chi connectivity index (χ1) is 10.5. The number of rotatable bonds is 14. The summed E-state index contributed by atoms with van der Waals surface area (Å²) < 4.78 is 21.0. The summed E-state index contributed by atoms with van der Waals surface area (Å²) in [6.45, 7) is 10.9. The summed E-state index contributed by atoms with van der Waals surface area (Å²) in [4.78, 5) is 14.6. The zero-order valence-corrected chi connectivity index (χ0v) is 14.9. The molecule has 0 aromatic rings. The second kappa shape index (κ2) is 25.3. The van der Waals surface area contributed by atoms with Crippen LogP contribution in [-0.2, 0) is 23.7 Å². The lowest BCUT2D eigenvalue weighted by molar-refractivity contribution is -0.160. The maximum absolute atomic E-state index is 12.4. The van der Waals surface area contributed by atoms with Gasteiger partial charge in [0.15, 0.2) is 0 Å². The van der Waals surface area contributed by atoms with E-state index in [0.29, 0.717) is 39.5 Å². The maximum Gasteiger partial charge on any atom is 0.314 e. The van der Waals surface area contributed by atoms with Crippen LogP contribution in [0.5, 0.6) is 0 Å². The van der Waals surface area contributed by atoms with Gasteiger partial charge >= 0.3 is 5.97 Å². The molecule has 27 heavy (non-hydrogen) atoms. The van der Waals surface area contributed by atoms with Crippen LogP contribution in [-0.4, -0.2) is 77.8 Å². The molecule has 0 rings (SSSR count). The zero-order valence-electron chi connectivity index (χ0n) is 14.9. The third-order valence-electron chi connectivity index (χ3n) is 3.74. The standard InChI is InChI=1S/C16H33NO5.5CH4/c1-6-17(7-2)9-11-22-15(18)16(3,8-10-19-4)14-21-13-12-20-5;;;;;/h6-14H2,1-5H3;5*1H4. The van der Waals surface area contributed by atoms with Crippen molar-refractivity contribution in [1.82, 2.24) is 4.90 Å². The highest BCUT2D eigenvalue weighted by Crippen LogP contribution is 2.24. The quantitative estimate of drug-likeness (QED) is 0.310. The summed E-state index contributed by atoms with van der Waals surface area (Å²) in [6, 6.07) is 0. The average molecular weight is 400 g/mol. The van der Waals surface area contributed by atoms with Gasteiger partial charge in [-0.1, -0.05) is 51.0 Å². The number of hydrogen-bond acceptors (Lipinski definition) is 6. The van der Waals surface area contributed by atoms with Crippen molar-refractivity contribution >= 4 is 5.97 Å². The van der Waals surface area contributed by atoms with E-state index in [-0.39, 0.29) is 43.1 Å². The van der Waals surface area contributed by atoms with E-state index in [1.165, 1.54) is 0 Å². The molecule has 1 atom stereocenters. The summed E-state index contributed by atoms with van der Waals surface area (Å²) >= 11 is 0. The van der Waals surface area contributed by atoms with Gasteiger partial charge in [0.05, 0.1) is 25.2 Å². The second-order valence-electron chi connectivity index (χ2n) is 5.51. The molecule has 0 spiro atoms. The van der Waals surface area contributed by atoms with Crippen LogP contribution >= 0.6 is 0 Å². The number of likely N-dealkylation sites (N-methyl/N-ethyl adjacent to an activating group) is 1. The van der Waals surface area contributed by atoms with Gasteiger partial charge in [-0.3, -0.25) is 4.79 Å². The molecule has 1 unspecified atom stereocenters. The number of esters is 1. The Morgan fingerprint density at radius 1 is 0.852 bits per heavy atom. The van der Waals surface area contributed by atoms with Crippen LogP contribution in [0, 0.1) is 5.41 Å². The number of ether oxygens (including phenoxy) is 4. The lowest BCUT2D eigenvalue weighted by atomic mass is 9.88. The van der Waals surface area contributed by atoms with Crippen molar-refractivity contribution in [3.63, 3.8) is 0 Å². The molecule has 0 bridgehead atoms. The van der Waals surface area contributed by atoms with E-state index in [1.807, 2.05) is 6.92 Å². The van der Waals surface area contributed by atoms with Gasteiger partial charge in [0, 0.05) is 27.4 Å². The molecule has 6 heteroatoms. The highest BCUT2D eigenvalue weighted by Gasteiger charge is 2.35. The molecule has 0 aliphatic heterocycles. The predicted molar refractivity (Wildman–Crippen MR) is 120 cm³/mol. The Hall–Kier alpha value is -0.690. The minimum Gasteiger partial charge on any atom is -0.464 e. The van der Waals surface area contributed by atoms with Crippen LogP contribution in [0.3, 0.4) is 0 Å². The van der Waals surface area contributed by atoms with Gasteiger partial charge in [-0.15, -0.1) is 0 Å². The highest BCUT2D eigenvalue weighted by molar-refractivity contribution is 5.76. The Morgan fingerprint density at radius 2 is 1.37 bits per heavy atom. The lowest BCUT2D eigenvalue weighted by Crippen LogP contribution is -2.38.